The lowest BCUT2D eigenvalue weighted by Gasteiger charge is -2.25. The predicted octanol–water partition coefficient (Wildman–Crippen LogP) is 2.63. The Balaban J connectivity index is 2.72. The van der Waals surface area contributed by atoms with E-state index in [1.54, 1.807) is 18.2 Å². The summed E-state index contributed by atoms with van der Waals surface area (Å²) in [6, 6.07) is 4.80. The summed E-state index contributed by atoms with van der Waals surface area (Å²) in [7, 11) is 0. The van der Waals surface area contributed by atoms with Gasteiger partial charge in [0.05, 0.1) is 11.3 Å². The highest BCUT2D eigenvalue weighted by Crippen LogP contribution is 2.24. The fourth-order valence-corrected chi connectivity index (χ4v) is 2.29. The minimum atomic E-state index is -0.281. The van der Waals surface area contributed by atoms with Crippen LogP contribution in [0.25, 0.3) is 0 Å². The molecule has 0 bridgehead atoms. The first kappa shape index (κ1) is 15.3. The maximum Gasteiger partial charge on any atom is 0.255 e. The van der Waals surface area contributed by atoms with E-state index in [0.717, 1.165) is 0 Å². The van der Waals surface area contributed by atoms with Crippen molar-refractivity contribution < 1.29 is 9.90 Å². The Morgan fingerprint density at radius 3 is 2.37 bits per heavy atom. The smallest absolute Gasteiger partial charge is 0.255 e. The van der Waals surface area contributed by atoms with Crippen LogP contribution in [0.2, 0.25) is 0 Å². The Morgan fingerprint density at radius 1 is 1.26 bits per heavy atom. The van der Waals surface area contributed by atoms with Crippen LogP contribution < -0.4 is 11.1 Å². The van der Waals surface area contributed by atoms with Gasteiger partial charge in [0.25, 0.3) is 5.91 Å². The lowest BCUT2D eigenvalue weighted by atomic mass is 9.85. The van der Waals surface area contributed by atoms with Crippen molar-refractivity contribution >= 4 is 11.6 Å². The van der Waals surface area contributed by atoms with Crippen LogP contribution in [0.3, 0.4) is 0 Å². The first-order chi connectivity index (χ1) is 8.84. The van der Waals surface area contributed by atoms with Gasteiger partial charge in [-0.15, -0.1) is 0 Å². The molecule has 1 aromatic rings. The highest BCUT2D eigenvalue weighted by atomic mass is 16.3. The topological polar surface area (TPSA) is 75.4 Å². The molecule has 0 saturated heterocycles. The van der Waals surface area contributed by atoms with Gasteiger partial charge < -0.3 is 16.2 Å². The van der Waals surface area contributed by atoms with E-state index in [1.165, 1.54) is 0 Å². The van der Waals surface area contributed by atoms with Crippen molar-refractivity contribution in [2.75, 3.05) is 12.3 Å². The van der Waals surface area contributed by atoms with Gasteiger partial charge in [-0.05, 0) is 29.9 Å². The zero-order chi connectivity index (χ0) is 14.6. The van der Waals surface area contributed by atoms with Crippen LogP contribution in [0, 0.1) is 17.8 Å². The van der Waals surface area contributed by atoms with E-state index in [9.17, 15) is 9.90 Å². The van der Waals surface area contributed by atoms with Crippen molar-refractivity contribution in [3.8, 4) is 5.75 Å². The number of carbonyl (C=O) groups excluding carboxylic acids is 1. The maximum absolute atomic E-state index is 12.0. The summed E-state index contributed by atoms with van der Waals surface area (Å²) in [4.78, 5) is 12.0. The molecule has 0 atom stereocenters. The number of hydrogen-bond donors (Lipinski definition) is 3. The summed E-state index contributed by atoms with van der Waals surface area (Å²) in [5.41, 5.74) is 6.03. The first-order valence-corrected chi connectivity index (χ1v) is 6.70. The molecule has 0 aliphatic rings. The van der Waals surface area contributed by atoms with Gasteiger partial charge in [-0.1, -0.05) is 33.8 Å². The van der Waals surface area contributed by atoms with Crippen LogP contribution in [0.5, 0.6) is 5.75 Å². The number of hydrogen-bond acceptors (Lipinski definition) is 3. The van der Waals surface area contributed by atoms with Gasteiger partial charge in [-0.2, -0.15) is 0 Å². The molecule has 0 aliphatic heterocycles. The molecule has 19 heavy (non-hydrogen) atoms. The second-order valence-corrected chi connectivity index (χ2v) is 5.61. The Bertz CT molecular complexity index is 434. The molecular formula is C15H24N2O2. The Labute approximate surface area is 115 Å². The van der Waals surface area contributed by atoms with E-state index in [-0.39, 0.29) is 22.9 Å². The molecule has 0 aromatic heterocycles. The average Bonchev–Trinajstić information content (AvgIpc) is 2.31. The van der Waals surface area contributed by atoms with Gasteiger partial charge in [0.2, 0.25) is 0 Å². The number of phenols is 1. The second kappa shape index (κ2) is 6.45. The zero-order valence-electron chi connectivity index (χ0n) is 12.1. The fourth-order valence-electron chi connectivity index (χ4n) is 2.29. The maximum atomic E-state index is 12.0. The van der Waals surface area contributed by atoms with E-state index in [1.807, 2.05) is 0 Å². The number of nitrogens with one attached hydrogen (secondary N) is 1. The lowest BCUT2D eigenvalue weighted by Crippen LogP contribution is -2.34. The molecule has 0 aliphatic carbocycles. The second-order valence-electron chi connectivity index (χ2n) is 5.61. The Kier molecular flexibility index (Phi) is 5.21. The number of benzene rings is 1. The van der Waals surface area contributed by atoms with Crippen LogP contribution in [0.4, 0.5) is 5.69 Å². The quantitative estimate of drug-likeness (QED) is 0.565. The third kappa shape index (κ3) is 3.88. The highest BCUT2D eigenvalue weighted by molar-refractivity contribution is 5.98. The van der Waals surface area contributed by atoms with E-state index in [4.69, 9.17) is 5.73 Å². The van der Waals surface area contributed by atoms with Crippen LogP contribution in [0.1, 0.15) is 38.1 Å². The summed E-state index contributed by atoms with van der Waals surface area (Å²) < 4.78 is 0. The van der Waals surface area contributed by atoms with Gasteiger partial charge >= 0.3 is 0 Å². The highest BCUT2D eigenvalue weighted by Gasteiger charge is 2.19. The number of aromatic hydroxyl groups is 1. The standard InChI is InChI=1S/C15H24N2O2/c1-9(2)12(10(3)4)8-17-15(19)11-6-5-7-13(16)14(11)18/h5-7,9-10,12,18H,8,16H2,1-4H3,(H,17,19). The molecule has 4 heteroatoms. The Hall–Kier alpha value is -1.71. The first-order valence-electron chi connectivity index (χ1n) is 6.70. The predicted molar refractivity (Wildman–Crippen MR) is 78.0 cm³/mol. The number of amides is 1. The molecule has 0 heterocycles. The monoisotopic (exact) mass is 264 g/mol. The minimum absolute atomic E-state index is 0.148. The molecule has 106 valence electrons. The molecule has 0 spiro atoms. The molecule has 4 N–H and O–H groups in total. The van der Waals surface area contributed by atoms with Gasteiger partial charge in [0, 0.05) is 6.54 Å². The number of rotatable bonds is 5. The zero-order valence-corrected chi connectivity index (χ0v) is 12.1. The third-order valence-electron chi connectivity index (χ3n) is 3.52. The fraction of sp³-hybridized carbons (Fsp3) is 0.533. The SMILES string of the molecule is CC(C)C(CNC(=O)c1cccc(N)c1O)C(C)C. The number of para-hydroxylation sites is 1. The van der Waals surface area contributed by atoms with Gasteiger partial charge in [-0.3, -0.25) is 4.79 Å². The average molecular weight is 264 g/mol. The van der Waals surface area contributed by atoms with Crippen molar-refractivity contribution in [1.29, 1.82) is 0 Å². The molecule has 4 nitrogen and oxygen atoms in total. The van der Waals surface area contributed by atoms with E-state index >= 15 is 0 Å². The van der Waals surface area contributed by atoms with Gasteiger partial charge in [0.1, 0.15) is 0 Å². The van der Waals surface area contributed by atoms with Crippen LogP contribution in [-0.4, -0.2) is 17.6 Å². The largest absolute Gasteiger partial charge is 0.505 e. The van der Waals surface area contributed by atoms with E-state index in [0.29, 0.717) is 24.3 Å². The van der Waals surface area contributed by atoms with Crippen molar-refractivity contribution in [2.24, 2.45) is 17.8 Å². The van der Waals surface area contributed by atoms with E-state index in [2.05, 4.69) is 33.0 Å². The number of phenolic OH excluding ortho intramolecular Hbond substituents is 1. The van der Waals surface area contributed by atoms with Gasteiger partial charge in [-0.25, -0.2) is 0 Å². The summed E-state index contributed by atoms with van der Waals surface area (Å²) in [6.45, 7) is 9.19. The van der Waals surface area contributed by atoms with Crippen molar-refractivity contribution in [3.05, 3.63) is 23.8 Å². The van der Waals surface area contributed by atoms with Crippen LogP contribution >= 0.6 is 0 Å². The molecule has 1 rings (SSSR count). The van der Waals surface area contributed by atoms with Gasteiger partial charge in [0.15, 0.2) is 5.75 Å². The normalized spacial score (nSPS) is 11.3. The number of nitrogen functional groups attached to an aromatic ring is 1. The van der Waals surface area contributed by atoms with Crippen molar-refractivity contribution in [2.45, 2.75) is 27.7 Å². The van der Waals surface area contributed by atoms with Crippen LogP contribution in [0.15, 0.2) is 18.2 Å². The number of carbonyl (C=O) groups is 1. The van der Waals surface area contributed by atoms with E-state index < -0.39 is 0 Å². The summed E-state index contributed by atoms with van der Waals surface area (Å²) >= 11 is 0. The summed E-state index contributed by atoms with van der Waals surface area (Å²) in [5, 5.41) is 12.6. The number of nitrogens with two attached hydrogens (primary N) is 1. The summed E-state index contributed by atoms with van der Waals surface area (Å²) in [5.74, 6) is 0.971. The Morgan fingerprint density at radius 2 is 1.84 bits per heavy atom. The van der Waals surface area contributed by atoms with Crippen LogP contribution in [-0.2, 0) is 0 Å². The van der Waals surface area contributed by atoms with Crippen molar-refractivity contribution in [1.82, 2.24) is 5.32 Å². The molecule has 0 fully saturated rings. The molecule has 0 unspecified atom stereocenters. The summed E-state index contributed by atoms with van der Waals surface area (Å²) in [6.07, 6.45) is 0. The lowest BCUT2D eigenvalue weighted by molar-refractivity contribution is 0.0934. The number of anilines is 1. The molecule has 0 radical (unpaired) electrons. The molecular weight excluding hydrogens is 240 g/mol. The van der Waals surface area contributed by atoms with Crippen molar-refractivity contribution in [3.63, 3.8) is 0 Å². The molecule has 1 aromatic carbocycles. The minimum Gasteiger partial charge on any atom is -0.505 e. The molecule has 1 amide bonds. The third-order valence-corrected chi connectivity index (χ3v) is 3.52. The molecule has 0 saturated carbocycles.